The molecule has 2 rings (SSSR count). The van der Waals surface area contributed by atoms with Gasteiger partial charge >= 0.3 is 0 Å². The van der Waals surface area contributed by atoms with E-state index >= 15 is 0 Å². The van der Waals surface area contributed by atoms with E-state index in [0.29, 0.717) is 0 Å². The number of allylic oxidation sites excluding steroid dienone is 1. The maximum atomic E-state index is 5.35. The van der Waals surface area contributed by atoms with Crippen LogP contribution in [0.5, 0.6) is 11.5 Å². The van der Waals surface area contributed by atoms with E-state index in [1.807, 2.05) is 18.2 Å². The summed E-state index contributed by atoms with van der Waals surface area (Å²) in [5.41, 5.74) is 3.83. The Bertz CT molecular complexity index is 660. The van der Waals surface area contributed by atoms with Crippen LogP contribution in [-0.4, -0.2) is 20.5 Å². The smallest absolute Gasteiger partial charge is 0.120 e. The molecule has 3 heteroatoms. The lowest BCUT2D eigenvalue weighted by Crippen LogP contribution is -1.91. The van der Waals surface area contributed by atoms with Crippen molar-refractivity contribution < 1.29 is 9.47 Å². The number of hydrogen-bond donors (Lipinski definition) is 0. The molecule has 0 N–H and O–H groups in total. The summed E-state index contributed by atoms with van der Waals surface area (Å²) >= 11 is 1.75. The van der Waals surface area contributed by atoms with E-state index in [1.54, 1.807) is 26.0 Å². The standard InChI is InChI=1S/C20H24O2S/c1-5-6-16(13-15-7-9-17(21-2)10-8-15)19-12-11-18(22-3)14-20(19)23-4/h7-14H,5-6H2,1-4H3/b16-13+. The molecule has 2 aromatic carbocycles. The predicted octanol–water partition coefficient (Wildman–Crippen LogP) is 5.77. The Morgan fingerprint density at radius 3 is 2.22 bits per heavy atom. The zero-order valence-corrected chi connectivity index (χ0v) is 15.1. The third kappa shape index (κ3) is 4.55. The van der Waals surface area contributed by atoms with Crippen LogP contribution < -0.4 is 9.47 Å². The average molecular weight is 328 g/mol. The third-order valence-electron chi connectivity index (χ3n) is 3.73. The van der Waals surface area contributed by atoms with Crippen molar-refractivity contribution in [1.82, 2.24) is 0 Å². The summed E-state index contributed by atoms with van der Waals surface area (Å²) in [6.45, 7) is 2.21. The summed E-state index contributed by atoms with van der Waals surface area (Å²) < 4.78 is 10.6. The molecule has 0 radical (unpaired) electrons. The van der Waals surface area contributed by atoms with Crippen LogP contribution in [0.4, 0.5) is 0 Å². The second-order valence-electron chi connectivity index (χ2n) is 5.26. The summed E-state index contributed by atoms with van der Waals surface area (Å²) in [7, 11) is 3.40. The van der Waals surface area contributed by atoms with Crippen LogP contribution in [-0.2, 0) is 0 Å². The number of rotatable bonds is 7. The van der Waals surface area contributed by atoms with E-state index in [0.717, 1.165) is 24.3 Å². The van der Waals surface area contributed by atoms with Crippen LogP contribution >= 0.6 is 11.8 Å². The van der Waals surface area contributed by atoms with Gasteiger partial charge in [-0.05, 0) is 59.7 Å². The number of benzene rings is 2. The van der Waals surface area contributed by atoms with Crippen molar-refractivity contribution >= 4 is 23.4 Å². The molecular formula is C20H24O2S. The van der Waals surface area contributed by atoms with Gasteiger partial charge in [-0.2, -0.15) is 0 Å². The largest absolute Gasteiger partial charge is 0.497 e. The van der Waals surface area contributed by atoms with Crippen molar-refractivity contribution in [1.29, 1.82) is 0 Å². The third-order valence-corrected chi connectivity index (χ3v) is 4.51. The van der Waals surface area contributed by atoms with Crippen LogP contribution in [0.15, 0.2) is 47.4 Å². The average Bonchev–Trinajstić information content (AvgIpc) is 2.61. The van der Waals surface area contributed by atoms with Crippen molar-refractivity contribution in [2.45, 2.75) is 24.7 Å². The molecule has 0 saturated heterocycles. The molecule has 0 bridgehead atoms. The lowest BCUT2D eigenvalue weighted by molar-refractivity contribution is 0.413. The molecule has 0 atom stereocenters. The van der Waals surface area contributed by atoms with Crippen LogP contribution in [0.3, 0.4) is 0 Å². The molecule has 0 aliphatic carbocycles. The van der Waals surface area contributed by atoms with E-state index in [1.165, 1.54) is 21.6 Å². The number of methoxy groups -OCH3 is 2. The van der Waals surface area contributed by atoms with Crippen molar-refractivity contribution in [3.8, 4) is 11.5 Å². The van der Waals surface area contributed by atoms with E-state index in [2.05, 4.69) is 43.5 Å². The van der Waals surface area contributed by atoms with E-state index in [-0.39, 0.29) is 0 Å². The summed E-state index contributed by atoms with van der Waals surface area (Å²) in [6.07, 6.45) is 6.54. The Labute approximate surface area is 143 Å². The van der Waals surface area contributed by atoms with Gasteiger partial charge in [0.25, 0.3) is 0 Å². The fourth-order valence-electron chi connectivity index (χ4n) is 2.52. The lowest BCUT2D eigenvalue weighted by atomic mass is 9.98. The maximum Gasteiger partial charge on any atom is 0.120 e. The highest BCUT2D eigenvalue weighted by atomic mass is 32.2. The van der Waals surface area contributed by atoms with Crippen LogP contribution in [0.2, 0.25) is 0 Å². The zero-order chi connectivity index (χ0) is 16.7. The molecule has 0 aliphatic heterocycles. The van der Waals surface area contributed by atoms with Crippen molar-refractivity contribution in [3.63, 3.8) is 0 Å². The Balaban J connectivity index is 2.42. The minimum absolute atomic E-state index is 0.883. The van der Waals surface area contributed by atoms with Gasteiger partial charge in [0.1, 0.15) is 11.5 Å². The van der Waals surface area contributed by atoms with Gasteiger partial charge in [-0.1, -0.05) is 31.6 Å². The Morgan fingerprint density at radius 2 is 1.65 bits per heavy atom. The van der Waals surface area contributed by atoms with Gasteiger partial charge in [-0.15, -0.1) is 11.8 Å². The molecule has 2 nitrogen and oxygen atoms in total. The van der Waals surface area contributed by atoms with Gasteiger partial charge in [0.15, 0.2) is 0 Å². The molecule has 0 amide bonds. The minimum Gasteiger partial charge on any atom is -0.497 e. The molecule has 0 aromatic heterocycles. The number of ether oxygens (including phenoxy) is 2. The van der Waals surface area contributed by atoms with Gasteiger partial charge in [-0.3, -0.25) is 0 Å². The molecule has 0 heterocycles. The second kappa shape index (κ2) is 8.68. The van der Waals surface area contributed by atoms with Crippen molar-refractivity contribution in [2.75, 3.05) is 20.5 Å². The summed E-state index contributed by atoms with van der Waals surface area (Å²) in [5.74, 6) is 1.78. The number of hydrogen-bond acceptors (Lipinski definition) is 3. The molecule has 0 aliphatic rings. The molecule has 2 aromatic rings. The van der Waals surface area contributed by atoms with Crippen LogP contribution in [0, 0.1) is 0 Å². The van der Waals surface area contributed by atoms with E-state index < -0.39 is 0 Å². The van der Waals surface area contributed by atoms with Gasteiger partial charge in [-0.25, -0.2) is 0 Å². The first-order valence-corrected chi connectivity index (χ1v) is 9.01. The van der Waals surface area contributed by atoms with Gasteiger partial charge in [0, 0.05) is 4.90 Å². The molecule has 23 heavy (non-hydrogen) atoms. The lowest BCUT2D eigenvalue weighted by Gasteiger charge is -2.13. The first-order valence-electron chi connectivity index (χ1n) is 7.78. The van der Waals surface area contributed by atoms with Gasteiger partial charge < -0.3 is 9.47 Å². The van der Waals surface area contributed by atoms with Crippen molar-refractivity contribution in [2.24, 2.45) is 0 Å². The zero-order valence-electron chi connectivity index (χ0n) is 14.3. The highest BCUT2D eigenvalue weighted by Gasteiger charge is 2.09. The monoisotopic (exact) mass is 328 g/mol. The quantitative estimate of drug-likeness (QED) is 0.475. The van der Waals surface area contributed by atoms with Crippen molar-refractivity contribution in [3.05, 3.63) is 53.6 Å². The molecular weight excluding hydrogens is 304 g/mol. The fraction of sp³-hybridized carbons (Fsp3) is 0.300. The molecule has 0 saturated carbocycles. The van der Waals surface area contributed by atoms with Gasteiger partial charge in [0.2, 0.25) is 0 Å². The fourth-order valence-corrected chi connectivity index (χ4v) is 3.17. The van der Waals surface area contributed by atoms with E-state index in [4.69, 9.17) is 9.47 Å². The topological polar surface area (TPSA) is 18.5 Å². The highest BCUT2D eigenvalue weighted by molar-refractivity contribution is 7.98. The minimum atomic E-state index is 0.883. The predicted molar refractivity (Wildman–Crippen MR) is 101 cm³/mol. The second-order valence-corrected chi connectivity index (χ2v) is 6.11. The molecule has 0 unspecified atom stereocenters. The first-order chi connectivity index (χ1) is 11.2. The Morgan fingerprint density at radius 1 is 1.00 bits per heavy atom. The Hall–Kier alpha value is -1.87. The number of thioether (sulfide) groups is 1. The molecule has 122 valence electrons. The van der Waals surface area contributed by atoms with Crippen LogP contribution in [0.1, 0.15) is 30.9 Å². The summed E-state index contributed by atoms with van der Waals surface area (Å²) in [4.78, 5) is 1.25. The van der Waals surface area contributed by atoms with Gasteiger partial charge in [0.05, 0.1) is 14.2 Å². The first kappa shape index (κ1) is 17.5. The SMILES string of the molecule is CCC/C(=C\c1ccc(OC)cc1)c1ccc(OC)cc1SC. The molecule has 0 spiro atoms. The normalized spacial score (nSPS) is 11.4. The Kier molecular flexibility index (Phi) is 6.60. The van der Waals surface area contributed by atoms with Crippen LogP contribution in [0.25, 0.3) is 11.6 Å². The maximum absolute atomic E-state index is 5.35. The molecule has 0 fully saturated rings. The summed E-state index contributed by atoms with van der Waals surface area (Å²) in [6, 6.07) is 14.5. The summed E-state index contributed by atoms with van der Waals surface area (Å²) in [5, 5.41) is 0. The highest BCUT2D eigenvalue weighted by Crippen LogP contribution is 2.33. The van der Waals surface area contributed by atoms with E-state index in [9.17, 15) is 0 Å².